The van der Waals surface area contributed by atoms with Gasteiger partial charge in [0.2, 0.25) is 5.91 Å². The molecule has 0 unspecified atom stereocenters. The highest BCUT2D eigenvalue weighted by Crippen LogP contribution is 2.32. The smallest absolute Gasteiger partial charge is 0.373 e. The Kier molecular flexibility index (Phi) is 8.53. The van der Waals surface area contributed by atoms with Crippen LogP contribution >= 0.6 is 11.6 Å². The van der Waals surface area contributed by atoms with E-state index in [2.05, 4.69) is 25.9 Å². The Balaban J connectivity index is 1.57. The van der Waals surface area contributed by atoms with Gasteiger partial charge in [0.15, 0.2) is 5.82 Å². The number of anilines is 2. The van der Waals surface area contributed by atoms with Crippen LogP contribution in [0.15, 0.2) is 60.7 Å². The first-order chi connectivity index (χ1) is 19.2. The largest absolute Gasteiger partial charge is 0.416 e. The van der Waals surface area contributed by atoms with Crippen LogP contribution in [0.3, 0.4) is 0 Å². The molecular formula is C30H29ClF3N5O2. The SMILES string of the molecule is CNc1nc(-c2ccc(C(F)(F)F)cc2)nc2cc(NC(=O)c3cc(CNC(=O)CC(C)(C)C)ccc3Cl)ccc12. The van der Waals surface area contributed by atoms with Crippen molar-refractivity contribution in [2.24, 2.45) is 5.41 Å². The molecular weight excluding hydrogens is 555 g/mol. The third-order valence-electron chi connectivity index (χ3n) is 6.12. The molecule has 0 saturated heterocycles. The minimum atomic E-state index is -4.45. The number of amides is 2. The van der Waals surface area contributed by atoms with Crippen molar-refractivity contribution in [3.8, 4) is 11.4 Å². The Bertz CT molecular complexity index is 1600. The zero-order chi connectivity index (χ0) is 29.9. The average Bonchev–Trinajstić information content (AvgIpc) is 2.90. The summed E-state index contributed by atoms with van der Waals surface area (Å²) < 4.78 is 39.0. The van der Waals surface area contributed by atoms with E-state index in [1.54, 1.807) is 43.4 Å². The van der Waals surface area contributed by atoms with Gasteiger partial charge in [-0.05, 0) is 53.4 Å². The molecule has 0 fully saturated rings. The molecule has 1 aromatic heterocycles. The summed E-state index contributed by atoms with van der Waals surface area (Å²) in [5.41, 5.74) is 1.35. The van der Waals surface area contributed by atoms with Crippen molar-refractivity contribution >= 4 is 45.8 Å². The molecule has 1 heterocycles. The van der Waals surface area contributed by atoms with Gasteiger partial charge in [-0.1, -0.05) is 50.6 Å². The molecule has 0 bridgehead atoms. The maximum atomic E-state index is 13.2. The van der Waals surface area contributed by atoms with Crippen molar-refractivity contribution < 1.29 is 22.8 Å². The van der Waals surface area contributed by atoms with Crippen LogP contribution in [0.1, 0.15) is 48.7 Å². The van der Waals surface area contributed by atoms with Crippen molar-refractivity contribution in [3.05, 3.63) is 82.4 Å². The maximum absolute atomic E-state index is 13.2. The topological polar surface area (TPSA) is 96.0 Å². The molecule has 0 aliphatic carbocycles. The monoisotopic (exact) mass is 583 g/mol. The van der Waals surface area contributed by atoms with E-state index in [1.165, 1.54) is 12.1 Å². The Labute approximate surface area is 240 Å². The van der Waals surface area contributed by atoms with E-state index in [0.717, 1.165) is 12.1 Å². The van der Waals surface area contributed by atoms with E-state index in [4.69, 9.17) is 11.6 Å². The maximum Gasteiger partial charge on any atom is 0.416 e. The number of aromatic nitrogens is 2. The molecule has 11 heteroatoms. The lowest BCUT2D eigenvalue weighted by atomic mass is 9.92. The third kappa shape index (κ3) is 7.52. The number of fused-ring (bicyclic) bond motifs is 1. The van der Waals surface area contributed by atoms with Gasteiger partial charge in [-0.15, -0.1) is 0 Å². The van der Waals surface area contributed by atoms with Crippen LogP contribution in [-0.2, 0) is 17.5 Å². The number of carbonyl (C=O) groups excluding carboxylic acids is 2. The summed E-state index contributed by atoms with van der Waals surface area (Å²) in [6.07, 6.45) is -4.08. The predicted molar refractivity (Wildman–Crippen MR) is 155 cm³/mol. The molecule has 3 N–H and O–H groups in total. The first kappa shape index (κ1) is 29.8. The first-order valence-electron chi connectivity index (χ1n) is 12.8. The standard InChI is InChI=1S/C30H29ClF3N5O2/c1-29(2,3)15-25(40)36-16-17-5-12-23(31)22(13-17)28(41)37-20-10-11-21-24(14-20)38-26(39-27(21)35-4)18-6-8-19(9-7-18)30(32,33)34/h5-14H,15-16H2,1-4H3,(H,36,40)(H,37,41)(H,35,38,39). The van der Waals surface area contributed by atoms with Gasteiger partial charge >= 0.3 is 6.18 Å². The van der Waals surface area contributed by atoms with Gasteiger partial charge in [0.05, 0.1) is 21.7 Å². The van der Waals surface area contributed by atoms with Gasteiger partial charge < -0.3 is 16.0 Å². The molecule has 0 aliphatic heterocycles. The van der Waals surface area contributed by atoms with E-state index in [9.17, 15) is 22.8 Å². The molecule has 0 spiro atoms. The van der Waals surface area contributed by atoms with Crippen LogP contribution in [0.2, 0.25) is 5.02 Å². The van der Waals surface area contributed by atoms with Crippen molar-refractivity contribution in [2.75, 3.05) is 17.7 Å². The molecule has 0 atom stereocenters. The second-order valence-corrected chi connectivity index (χ2v) is 11.1. The summed E-state index contributed by atoms with van der Waals surface area (Å²) >= 11 is 6.32. The predicted octanol–water partition coefficient (Wildman–Crippen LogP) is 7.32. The summed E-state index contributed by atoms with van der Waals surface area (Å²) in [5.74, 6) is 0.159. The van der Waals surface area contributed by atoms with Crippen LogP contribution in [0, 0.1) is 5.41 Å². The van der Waals surface area contributed by atoms with Crippen LogP contribution in [0.5, 0.6) is 0 Å². The van der Waals surface area contributed by atoms with Crippen LogP contribution in [0.4, 0.5) is 24.7 Å². The fraction of sp³-hybridized carbons (Fsp3) is 0.267. The van der Waals surface area contributed by atoms with Crippen molar-refractivity contribution in [1.29, 1.82) is 0 Å². The van der Waals surface area contributed by atoms with E-state index < -0.39 is 17.6 Å². The van der Waals surface area contributed by atoms with Gasteiger partial charge in [0.1, 0.15) is 5.82 Å². The second kappa shape index (κ2) is 11.7. The lowest BCUT2D eigenvalue weighted by Crippen LogP contribution is -2.27. The molecule has 0 aliphatic rings. The number of halogens is 4. The number of nitrogens with zero attached hydrogens (tertiary/aromatic N) is 2. The third-order valence-corrected chi connectivity index (χ3v) is 6.45. The fourth-order valence-electron chi connectivity index (χ4n) is 4.13. The van der Waals surface area contributed by atoms with Crippen LogP contribution in [0.25, 0.3) is 22.3 Å². The van der Waals surface area contributed by atoms with Crippen LogP contribution < -0.4 is 16.0 Å². The summed E-state index contributed by atoms with van der Waals surface area (Å²) in [4.78, 5) is 34.3. The highest BCUT2D eigenvalue weighted by molar-refractivity contribution is 6.34. The molecule has 3 aromatic carbocycles. The number of hydrogen-bond donors (Lipinski definition) is 3. The van der Waals surface area contributed by atoms with E-state index in [0.29, 0.717) is 40.0 Å². The summed E-state index contributed by atoms with van der Waals surface area (Å²) in [7, 11) is 1.68. The fourth-order valence-corrected chi connectivity index (χ4v) is 4.34. The zero-order valence-corrected chi connectivity index (χ0v) is 23.7. The first-order valence-corrected chi connectivity index (χ1v) is 13.1. The van der Waals surface area contributed by atoms with Gasteiger partial charge in [-0.2, -0.15) is 13.2 Å². The normalized spacial score (nSPS) is 11.8. The van der Waals surface area contributed by atoms with Crippen molar-refractivity contribution in [3.63, 3.8) is 0 Å². The molecule has 0 radical (unpaired) electrons. The zero-order valence-electron chi connectivity index (χ0n) is 22.9. The Hall–Kier alpha value is -4.18. The van der Waals surface area contributed by atoms with Gasteiger partial charge in [0.25, 0.3) is 5.91 Å². The lowest BCUT2D eigenvalue weighted by Gasteiger charge is -2.17. The molecule has 4 rings (SSSR count). The van der Waals surface area contributed by atoms with Gasteiger partial charge in [-0.3, -0.25) is 9.59 Å². The molecule has 7 nitrogen and oxygen atoms in total. The number of carbonyl (C=O) groups is 2. The minimum absolute atomic E-state index is 0.0896. The summed E-state index contributed by atoms with van der Waals surface area (Å²) in [6, 6.07) is 14.6. The second-order valence-electron chi connectivity index (χ2n) is 10.7. The molecule has 4 aromatic rings. The molecule has 41 heavy (non-hydrogen) atoms. The number of alkyl halides is 3. The van der Waals surface area contributed by atoms with E-state index in [1.807, 2.05) is 20.8 Å². The molecule has 2 amide bonds. The molecule has 0 saturated carbocycles. The highest BCUT2D eigenvalue weighted by atomic mass is 35.5. The van der Waals surface area contributed by atoms with Crippen LogP contribution in [-0.4, -0.2) is 28.8 Å². The number of rotatable bonds is 7. The Morgan fingerprint density at radius 1 is 0.927 bits per heavy atom. The Morgan fingerprint density at radius 3 is 2.27 bits per heavy atom. The average molecular weight is 584 g/mol. The summed E-state index contributed by atoms with van der Waals surface area (Å²) in [5, 5.41) is 9.57. The van der Waals surface area contributed by atoms with Crippen molar-refractivity contribution in [1.82, 2.24) is 15.3 Å². The molecule has 214 valence electrons. The number of benzene rings is 3. The van der Waals surface area contributed by atoms with E-state index in [-0.39, 0.29) is 34.3 Å². The highest BCUT2D eigenvalue weighted by Gasteiger charge is 2.30. The summed E-state index contributed by atoms with van der Waals surface area (Å²) in [6.45, 7) is 6.18. The minimum Gasteiger partial charge on any atom is -0.373 e. The van der Waals surface area contributed by atoms with E-state index >= 15 is 0 Å². The van der Waals surface area contributed by atoms with Crippen molar-refractivity contribution in [2.45, 2.75) is 39.9 Å². The lowest BCUT2D eigenvalue weighted by molar-refractivity contribution is -0.137. The van der Waals surface area contributed by atoms with Gasteiger partial charge in [-0.25, -0.2) is 9.97 Å². The van der Waals surface area contributed by atoms with Gasteiger partial charge in [0, 0.05) is 36.7 Å². The number of hydrogen-bond acceptors (Lipinski definition) is 5. The number of nitrogens with one attached hydrogen (secondary N) is 3. The Morgan fingerprint density at radius 2 is 1.63 bits per heavy atom. The quantitative estimate of drug-likeness (QED) is 0.212.